The standard InChI is InChI=1S/C15H21NO3/c1-3-19-14(17)15(13-7-5-4-6-8-13)9-11-16(2,18)12-10-15/h4-8H,3,9-12H2,1-2H3. The number of esters is 1. The topological polar surface area (TPSA) is 49.4 Å². The van der Waals surface area contributed by atoms with E-state index in [9.17, 15) is 10.0 Å². The number of rotatable bonds is 3. The largest absolute Gasteiger partial charge is 0.633 e. The van der Waals surface area contributed by atoms with E-state index < -0.39 is 5.41 Å². The lowest BCUT2D eigenvalue weighted by molar-refractivity contribution is -0.867. The predicted molar refractivity (Wildman–Crippen MR) is 73.3 cm³/mol. The van der Waals surface area contributed by atoms with E-state index in [0.29, 0.717) is 32.5 Å². The Balaban J connectivity index is 2.33. The van der Waals surface area contributed by atoms with Crippen LogP contribution in [0.15, 0.2) is 30.3 Å². The molecule has 0 amide bonds. The summed E-state index contributed by atoms with van der Waals surface area (Å²) < 4.78 is 4.99. The molecule has 1 saturated heterocycles. The van der Waals surface area contributed by atoms with E-state index in [-0.39, 0.29) is 10.6 Å². The summed E-state index contributed by atoms with van der Waals surface area (Å²) in [6, 6.07) is 9.69. The van der Waals surface area contributed by atoms with Gasteiger partial charge in [-0.25, -0.2) is 0 Å². The highest BCUT2D eigenvalue weighted by Crippen LogP contribution is 2.38. The average molecular weight is 263 g/mol. The Morgan fingerprint density at radius 1 is 1.32 bits per heavy atom. The molecule has 1 aromatic carbocycles. The zero-order valence-electron chi connectivity index (χ0n) is 11.6. The van der Waals surface area contributed by atoms with Gasteiger partial charge in [-0.15, -0.1) is 0 Å². The molecule has 1 aliphatic heterocycles. The summed E-state index contributed by atoms with van der Waals surface area (Å²) in [5.41, 5.74) is 0.326. The van der Waals surface area contributed by atoms with E-state index >= 15 is 0 Å². The highest BCUT2D eigenvalue weighted by Gasteiger charge is 2.46. The Bertz CT molecular complexity index is 432. The van der Waals surface area contributed by atoms with Gasteiger partial charge < -0.3 is 14.6 Å². The van der Waals surface area contributed by atoms with Crippen LogP contribution in [-0.4, -0.2) is 37.4 Å². The molecule has 0 unspecified atom stereocenters. The summed E-state index contributed by atoms with van der Waals surface area (Å²) in [4.78, 5) is 12.4. The van der Waals surface area contributed by atoms with E-state index in [4.69, 9.17) is 4.74 Å². The molecule has 104 valence electrons. The number of ether oxygens (including phenoxy) is 1. The van der Waals surface area contributed by atoms with Gasteiger partial charge in [0.15, 0.2) is 0 Å². The second-order valence-corrected chi connectivity index (χ2v) is 5.41. The molecule has 1 heterocycles. The maximum absolute atomic E-state index is 12.4. The molecule has 0 atom stereocenters. The van der Waals surface area contributed by atoms with E-state index in [0.717, 1.165) is 5.56 Å². The molecule has 19 heavy (non-hydrogen) atoms. The minimum absolute atomic E-state index is 0.194. The van der Waals surface area contributed by atoms with E-state index in [2.05, 4.69) is 0 Å². The van der Waals surface area contributed by atoms with Gasteiger partial charge in [0.1, 0.15) is 5.41 Å². The van der Waals surface area contributed by atoms with Crippen molar-refractivity contribution in [3.8, 4) is 0 Å². The molecule has 2 rings (SSSR count). The maximum atomic E-state index is 12.4. The van der Waals surface area contributed by atoms with Crippen LogP contribution >= 0.6 is 0 Å². The van der Waals surface area contributed by atoms with Crippen LogP contribution in [0, 0.1) is 5.21 Å². The van der Waals surface area contributed by atoms with Gasteiger partial charge >= 0.3 is 5.97 Å². The molecule has 0 N–H and O–H groups in total. The number of carbonyl (C=O) groups excluding carboxylic acids is 1. The summed E-state index contributed by atoms with van der Waals surface area (Å²) in [5.74, 6) is -0.194. The van der Waals surface area contributed by atoms with Crippen molar-refractivity contribution in [2.75, 3.05) is 26.7 Å². The number of nitrogens with zero attached hydrogens (tertiary/aromatic N) is 1. The van der Waals surface area contributed by atoms with Gasteiger partial charge in [-0.05, 0) is 12.5 Å². The Labute approximate surface area is 114 Å². The average Bonchev–Trinajstić information content (AvgIpc) is 2.40. The minimum atomic E-state index is -0.639. The van der Waals surface area contributed by atoms with Crippen molar-refractivity contribution in [2.45, 2.75) is 25.2 Å². The van der Waals surface area contributed by atoms with Crippen molar-refractivity contribution in [2.24, 2.45) is 0 Å². The molecule has 1 aromatic rings. The fourth-order valence-corrected chi connectivity index (χ4v) is 2.73. The van der Waals surface area contributed by atoms with Crippen LogP contribution in [0.2, 0.25) is 0 Å². The Morgan fingerprint density at radius 2 is 1.89 bits per heavy atom. The lowest BCUT2D eigenvalue weighted by Gasteiger charge is -2.48. The van der Waals surface area contributed by atoms with E-state index in [1.165, 1.54) is 0 Å². The predicted octanol–water partition coefficient (Wildman–Crippen LogP) is 2.23. The third kappa shape index (κ3) is 2.80. The number of piperidine rings is 1. The Morgan fingerprint density at radius 3 is 2.42 bits per heavy atom. The molecule has 1 aliphatic rings. The molecule has 0 saturated carbocycles. The molecular formula is C15H21NO3. The Hall–Kier alpha value is -1.39. The summed E-state index contributed by atoms with van der Waals surface area (Å²) in [6.07, 6.45) is 1.10. The zero-order chi connectivity index (χ0) is 13.9. The van der Waals surface area contributed by atoms with Crippen LogP contribution in [0.1, 0.15) is 25.3 Å². The van der Waals surface area contributed by atoms with Crippen LogP contribution in [0.3, 0.4) is 0 Å². The molecule has 1 fully saturated rings. The summed E-state index contributed by atoms with van der Waals surface area (Å²) in [6.45, 7) is 3.09. The molecule has 0 aliphatic carbocycles. The third-order valence-corrected chi connectivity index (χ3v) is 4.02. The number of hydrogen-bond acceptors (Lipinski definition) is 3. The smallest absolute Gasteiger partial charge is 0.317 e. The Kier molecular flexibility index (Phi) is 3.92. The van der Waals surface area contributed by atoms with Crippen LogP contribution in [0.25, 0.3) is 0 Å². The second kappa shape index (κ2) is 5.31. The van der Waals surface area contributed by atoms with E-state index in [1.807, 2.05) is 37.3 Å². The van der Waals surface area contributed by atoms with Gasteiger partial charge in [-0.3, -0.25) is 4.79 Å². The molecule has 0 spiro atoms. The molecule has 0 bridgehead atoms. The number of benzene rings is 1. The number of hydroxylamine groups is 3. The van der Waals surface area contributed by atoms with Crippen molar-refractivity contribution < 1.29 is 14.2 Å². The first kappa shape index (κ1) is 14.0. The first-order chi connectivity index (χ1) is 9.00. The third-order valence-electron chi connectivity index (χ3n) is 4.02. The quantitative estimate of drug-likeness (QED) is 0.477. The van der Waals surface area contributed by atoms with Crippen molar-refractivity contribution in [3.63, 3.8) is 0 Å². The highest BCUT2D eigenvalue weighted by molar-refractivity contribution is 5.83. The molecule has 0 radical (unpaired) electrons. The summed E-state index contributed by atoms with van der Waals surface area (Å²) in [7, 11) is 1.67. The van der Waals surface area contributed by atoms with Gasteiger partial charge in [-0.1, -0.05) is 30.3 Å². The van der Waals surface area contributed by atoms with Crippen LogP contribution in [0.4, 0.5) is 0 Å². The van der Waals surface area contributed by atoms with Gasteiger partial charge in [-0.2, -0.15) is 0 Å². The molecule has 4 nitrogen and oxygen atoms in total. The van der Waals surface area contributed by atoms with Gasteiger partial charge in [0.2, 0.25) is 0 Å². The van der Waals surface area contributed by atoms with Crippen LogP contribution in [0.5, 0.6) is 0 Å². The van der Waals surface area contributed by atoms with Crippen molar-refractivity contribution in [1.29, 1.82) is 0 Å². The van der Waals surface area contributed by atoms with Gasteiger partial charge in [0, 0.05) is 12.8 Å². The summed E-state index contributed by atoms with van der Waals surface area (Å²) in [5, 5.41) is 12.0. The number of hydrogen-bond donors (Lipinski definition) is 0. The number of carbonyl (C=O) groups is 1. The normalized spacial score (nSPS) is 30.9. The van der Waals surface area contributed by atoms with Crippen LogP contribution in [-0.2, 0) is 14.9 Å². The lowest BCUT2D eigenvalue weighted by atomic mass is 9.72. The van der Waals surface area contributed by atoms with Crippen molar-refractivity contribution in [1.82, 2.24) is 0 Å². The highest BCUT2D eigenvalue weighted by atomic mass is 16.5. The van der Waals surface area contributed by atoms with E-state index in [1.54, 1.807) is 7.05 Å². The molecular weight excluding hydrogens is 242 g/mol. The molecule has 0 aromatic heterocycles. The van der Waals surface area contributed by atoms with Crippen molar-refractivity contribution >= 4 is 5.97 Å². The summed E-state index contributed by atoms with van der Waals surface area (Å²) >= 11 is 0. The van der Waals surface area contributed by atoms with Crippen molar-refractivity contribution in [3.05, 3.63) is 41.1 Å². The lowest BCUT2D eigenvalue weighted by Crippen LogP contribution is -2.53. The zero-order valence-corrected chi connectivity index (χ0v) is 11.6. The number of likely N-dealkylation sites (tertiary alicyclic amines) is 1. The maximum Gasteiger partial charge on any atom is 0.317 e. The SMILES string of the molecule is CCOC(=O)C1(c2ccccc2)CC[N+](C)([O-])CC1. The number of quaternary nitrogens is 1. The first-order valence-corrected chi connectivity index (χ1v) is 6.78. The van der Waals surface area contributed by atoms with Gasteiger partial charge in [0.25, 0.3) is 0 Å². The fourth-order valence-electron chi connectivity index (χ4n) is 2.73. The first-order valence-electron chi connectivity index (χ1n) is 6.78. The monoisotopic (exact) mass is 263 g/mol. The second-order valence-electron chi connectivity index (χ2n) is 5.41. The molecule has 4 heteroatoms. The minimum Gasteiger partial charge on any atom is -0.633 e. The fraction of sp³-hybridized carbons (Fsp3) is 0.533. The van der Waals surface area contributed by atoms with Crippen LogP contribution < -0.4 is 0 Å². The van der Waals surface area contributed by atoms with Gasteiger partial charge in [0.05, 0.1) is 26.7 Å².